The molecular weight excluding hydrogens is 244 g/mol. The fourth-order valence-corrected chi connectivity index (χ4v) is 2.75. The summed E-state index contributed by atoms with van der Waals surface area (Å²) in [6.07, 6.45) is 5.07. The molecule has 19 heavy (non-hydrogen) atoms. The van der Waals surface area contributed by atoms with Crippen LogP contribution in [0.4, 0.5) is 0 Å². The molecule has 0 aliphatic heterocycles. The fourth-order valence-electron chi connectivity index (χ4n) is 2.75. The highest BCUT2D eigenvalue weighted by Crippen LogP contribution is 2.31. The minimum absolute atomic E-state index is 0.178. The quantitative estimate of drug-likeness (QED) is 0.598. The van der Waals surface area contributed by atoms with Crippen molar-refractivity contribution in [2.45, 2.75) is 57.1 Å². The molecule has 112 valence electrons. The zero-order valence-corrected chi connectivity index (χ0v) is 12.2. The Morgan fingerprint density at radius 2 is 2.37 bits per heavy atom. The van der Waals surface area contributed by atoms with Gasteiger partial charge in [0.05, 0.1) is 11.6 Å². The smallest absolute Gasteiger partial charge is 0.237 e. The second-order valence-electron chi connectivity index (χ2n) is 5.89. The Hall–Kier alpha value is -0.650. The van der Waals surface area contributed by atoms with E-state index < -0.39 is 11.6 Å². The summed E-state index contributed by atoms with van der Waals surface area (Å²) in [5, 5.41) is 13.2. The van der Waals surface area contributed by atoms with Crippen LogP contribution in [-0.4, -0.2) is 42.9 Å². The largest absolute Gasteiger partial charge is 0.388 e. The Labute approximate surface area is 115 Å². The van der Waals surface area contributed by atoms with Gasteiger partial charge in [-0.1, -0.05) is 19.8 Å². The molecule has 0 bridgehead atoms. The van der Waals surface area contributed by atoms with Crippen LogP contribution in [0.5, 0.6) is 0 Å². The Bertz CT molecular complexity index is 286. The van der Waals surface area contributed by atoms with Gasteiger partial charge in [0.1, 0.15) is 0 Å². The van der Waals surface area contributed by atoms with Gasteiger partial charge in [-0.3, -0.25) is 4.79 Å². The average Bonchev–Trinajstić information content (AvgIpc) is 2.36. The molecule has 1 rings (SSSR count). The highest BCUT2D eigenvalue weighted by Gasteiger charge is 2.33. The van der Waals surface area contributed by atoms with Crippen LogP contribution in [-0.2, 0) is 9.53 Å². The maximum Gasteiger partial charge on any atom is 0.237 e. The standard InChI is InChI=1S/C14H28N2O3/c1-11-5-3-7-14(18,9-11)10-16-13(17)12(15)6-4-8-19-2/h11-12,18H,3-10,15H2,1-2H3,(H,16,17). The van der Waals surface area contributed by atoms with Gasteiger partial charge in [-0.05, 0) is 31.6 Å². The van der Waals surface area contributed by atoms with Crippen LogP contribution in [0.25, 0.3) is 0 Å². The highest BCUT2D eigenvalue weighted by molar-refractivity contribution is 5.81. The maximum absolute atomic E-state index is 11.8. The molecule has 1 saturated carbocycles. The van der Waals surface area contributed by atoms with Crippen molar-refractivity contribution >= 4 is 5.91 Å². The third kappa shape index (κ3) is 5.89. The second kappa shape index (κ2) is 7.82. The zero-order chi connectivity index (χ0) is 14.3. The lowest BCUT2D eigenvalue weighted by atomic mass is 9.79. The molecule has 0 aromatic rings. The average molecular weight is 272 g/mol. The Balaban J connectivity index is 2.28. The van der Waals surface area contributed by atoms with Crippen LogP contribution < -0.4 is 11.1 Å². The molecule has 0 radical (unpaired) electrons. The maximum atomic E-state index is 11.8. The van der Waals surface area contributed by atoms with Gasteiger partial charge < -0.3 is 20.9 Å². The van der Waals surface area contributed by atoms with Crippen LogP contribution in [0, 0.1) is 5.92 Å². The molecule has 0 heterocycles. The van der Waals surface area contributed by atoms with Crippen molar-refractivity contribution in [3.63, 3.8) is 0 Å². The van der Waals surface area contributed by atoms with E-state index in [2.05, 4.69) is 12.2 Å². The monoisotopic (exact) mass is 272 g/mol. The van der Waals surface area contributed by atoms with Gasteiger partial charge in [0.25, 0.3) is 0 Å². The topological polar surface area (TPSA) is 84.6 Å². The van der Waals surface area contributed by atoms with E-state index in [1.165, 1.54) is 0 Å². The third-order valence-corrected chi connectivity index (χ3v) is 3.86. The number of carbonyl (C=O) groups is 1. The number of carbonyl (C=O) groups excluding carboxylic acids is 1. The van der Waals surface area contributed by atoms with Crippen molar-refractivity contribution in [2.24, 2.45) is 11.7 Å². The van der Waals surface area contributed by atoms with E-state index in [1.54, 1.807) is 7.11 Å². The van der Waals surface area contributed by atoms with E-state index in [9.17, 15) is 9.90 Å². The summed E-state index contributed by atoms with van der Waals surface area (Å²) in [7, 11) is 1.63. The lowest BCUT2D eigenvalue weighted by molar-refractivity contribution is -0.124. The van der Waals surface area contributed by atoms with Crippen LogP contribution >= 0.6 is 0 Å². The number of ether oxygens (including phenoxy) is 1. The van der Waals surface area contributed by atoms with Crippen molar-refractivity contribution in [2.75, 3.05) is 20.3 Å². The summed E-state index contributed by atoms with van der Waals surface area (Å²) < 4.78 is 4.93. The molecule has 1 amide bonds. The number of amides is 1. The summed E-state index contributed by atoms with van der Waals surface area (Å²) in [6.45, 7) is 3.07. The van der Waals surface area contributed by atoms with Gasteiger partial charge in [0.15, 0.2) is 0 Å². The number of methoxy groups -OCH3 is 1. The molecule has 5 heteroatoms. The lowest BCUT2D eigenvalue weighted by Gasteiger charge is -2.35. The van der Waals surface area contributed by atoms with Crippen molar-refractivity contribution in [1.82, 2.24) is 5.32 Å². The van der Waals surface area contributed by atoms with E-state index in [0.717, 1.165) is 32.1 Å². The minimum atomic E-state index is -0.750. The Morgan fingerprint density at radius 3 is 3.00 bits per heavy atom. The SMILES string of the molecule is COCCCC(N)C(=O)NCC1(O)CCCC(C)C1. The van der Waals surface area contributed by atoms with E-state index >= 15 is 0 Å². The number of nitrogens with two attached hydrogens (primary N) is 1. The molecule has 3 atom stereocenters. The zero-order valence-electron chi connectivity index (χ0n) is 12.2. The first kappa shape index (κ1) is 16.4. The second-order valence-corrected chi connectivity index (χ2v) is 5.89. The predicted molar refractivity (Wildman–Crippen MR) is 74.7 cm³/mol. The van der Waals surface area contributed by atoms with Crippen molar-refractivity contribution in [1.29, 1.82) is 0 Å². The van der Waals surface area contributed by atoms with E-state index in [1.807, 2.05) is 0 Å². The molecule has 0 saturated heterocycles. The van der Waals surface area contributed by atoms with Gasteiger partial charge in [-0.15, -0.1) is 0 Å². The molecule has 4 N–H and O–H groups in total. The summed E-state index contributed by atoms with van der Waals surface area (Å²) in [4.78, 5) is 11.8. The van der Waals surface area contributed by atoms with Crippen molar-refractivity contribution in [3.05, 3.63) is 0 Å². The van der Waals surface area contributed by atoms with Gasteiger partial charge >= 0.3 is 0 Å². The molecule has 1 aliphatic carbocycles. The number of rotatable bonds is 7. The van der Waals surface area contributed by atoms with Gasteiger partial charge in [-0.2, -0.15) is 0 Å². The first-order valence-electron chi connectivity index (χ1n) is 7.21. The van der Waals surface area contributed by atoms with Gasteiger partial charge in [0.2, 0.25) is 5.91 Å². The summed E-state index contributed by atoms with van der Waals surface area (Å²) in [5.41, 5.74) is 5.04. The van der Waals surface area contributed by atoms with Crippen molar-refractivity contribution < 1.29 is 14.6 Å². The Kier molecular flexibility index (Phi) is 6.75. The van der Waals surface area contributed by atoms with Gasteiger partial charge in [-0.25, -0.2) is 0 Å². The molecule has 0 aromatic carbocycles. The van der Waals surface area contributed by atoms with Gasteiger partial charge in [0, 0.05) is 20.3 Å². The summed E-state index contributed by atoms with van der Waals surface area (Å²) in [6, 6.07) is -0.514. The first-order chi connectivity index (χ1) is 8.97. The normalized spacial score (nSPS) is 28.9. The number of nitrogens with one attached hydrogen (secondary N) is 1. The van der Waals surface area contributed by atoms with Crippen LogP contribution in [0.15, 0.2) is 0 Å². The van der Waals surface area contributed by atoms with Crippen LogP contribution in [0.2, 0.25) is 0 Å². The third-order valence-electron chi connectivity index (χ3n) is 3.86. The Morgan fingerprint density at radius 1 is 1.63 bits per heavy atom. The van der Waals surface area contributed by atoms with Crippen LogP contribution in [0.1, 0.15) is 45.4 Å². The summed E-state index contributed by atoms with van der Waals surface area (Å²) in [5.74, 6) is 0.341. The van der Waals surface area contributed by atoms with E-state index in [4.69, 9.17) is 10.5 Å². The molecular formula is C14H28N2O3. The lowest BCUT2D eigenvalue weighted by Crippen LogP contribution is -2.49. The molecule has 1 fully saturated rings. The van der Waals surface area contributed by atoms with E-state index in [0.29, 0.717) is 25.5 Å². The first-order valence-corrected chi connectivity index (χ1v) is 7.21. The summed E-state index contributed by atoms with van der Waals surface area (Å²) >= 11 is 0. The fraction of sp³-hybridized carbons (Fsp3) is 0.929. The molecule has 5 nitrogen and oxygen atoms in total. The molecule has 0 aromatic heterocycles. The molecule has 1 aliphatic rings. The van der Waals surface area contributed by atoms with Crippen molar-refractivity contribution in [3.8, 4) is 0 Å². The number of hydrogen-bond donors (Lipinski definition) is 3. The van der Waals surface area contributed by atoms with E-state index in [-0.39, 0.29) is 5.91 Å². The minimum Gasteiger partial charge on any atom is -0.388 e. The number of hydrogen-bond acceptors (Lipinski definition) is 4. The van der Waals surface area contributed by atoms with Crippen LogP contribution in [0.3, 0.4) is 0 Å². The molecule has 3 unspecified atom stereocenters. The predicted octanol–water partition coefficient (Wildman–Crippen LogP) is 0.798. The highest BCUT2D eigenvalue weighted by atomic mass is 16.5. The number of aliphatic hydroxyl groups is 1. The molecule has 0 spiro atoms.